The Kier molecular flexibility index (Phi) is 4.31. The van der Waals surface area contributed by atoms with Gasteiger partial charge in [-0.05, 0) is 30.2 Å². The minimum atomic E-state index is -3.82. The van der Waals surface area contributed by atoms with Crippen LogP contribution in [-0.2, 0) is 16.4 Å². The molecule has 7 heteroatoms. The summed E-state index contributed by atoms with van der Waals surface area (Å²) in [5, 5.41) is 0. The Labute approximate surface area is 116 Å². The van der Waals surface area contributed by atoms with Gasteiger partial charge in [-0.3, -0.25) is 4.98 Å². The average Bonchev–Trinajstić information content (AvgIpc) is 2.42. The summed E-state index contributed by atoms with van der Waals surface area (Å²) in [5.74, 6) is -0.750. The van der Waals surface area contributed by atoms with Gasteiger partial charge >= 0.3 is 0 Å². The van der Waals surface area contributed by atoms with Crippen LogP contribution in [-0.4, -0.2) is 19.9 Å². The largest absolute Gasteiger partial charge is 0.395 e. The molecule has 106 valence electrons. The second-order valence-corrected chi connectivity index (χ2v) is 5.90. The third-order valence-electron chi connectivity index (χ3n) is 2.73. The lowest BCUT2D eigenvalue weighted by Crippen LogP contribution is -2.27. The number of hydrogen-bond acceptors (Lipinski definition) is 4. The number of pyridine rings is 1. The molecule has 3 N–H and O–H groups in total. The molecule has 0 radical (unpaired) electrons. The summed E-state index contributed by atoms with van der Waals surface area (Å²) in [6, 6.07) is 7.31. The molecule has 0 atom stereocenters. The Hall–Kier alpha value is -1.99. The number of nitrogens with one attached hydrogen (secondary N) is 1. The molecule has 0 aliphatic heterocycles. The fraction of sp³-hybridized carbons (Fsp3) is 0.154. The molecule has 5 nitrogen and oxygen atoms in total. The van der Waals surface area contributed by atoms with Crippen molar-refractivity contribution in [3.8, 4) is 0 Å². The number of nitrogens with two attached hydrogens (primary N) is 1. The van der Waals surface area contributed by atoms with Gasteiger partial charge in [0.1, 0.15) is 10.7 Å². The quantitative estimate of drug-likeness (QED) is 0.815. The highest BCUT2D eigenvalue weighted by atomic mass is 32.2. The molecule has 1 aromatic carbocycles. The Balaban J connectivity index is 2.06. The molecule has 1 aromatic heterocycles. The van der Waals surface area contributed by atoms with Gasteiger partial charge < -0.3 is 5.73 Å². The van der Waals surface area contributed by atoms with Crippen LogP contribution in [0.2, 0.25) is 0 Å². The van der Waals surface area contributed by atoms with Gasteiger partial charge in [-0.15, -0.1) is 0 Å². The van der Waals surface area contributed by atoms with Gasteiger partial charge in [-0.1, -0.05) is 12.1 Å². The molecular weight excluding hydrogens is 281 g/mol. The molecule has 2 aromatic rings. The van der Waals surface area contributed by atoms with Crippen molar-refractivity contribution < 1.29 is 12.8 Å². The third-order valence-corrected chi connectivity index (χ3v) is 4.25. The van der Waals surface area contributed by atoms with Crippen LogP contribution in [0.25, 0.3) is 0 Å². The van der Waals surface area contributed by atoms with E-state index >= 15 is 0 Å². The van der Waals surface area contributed by atoms with Crippen molar-refractivity contribution in [3.63, 3.8) is 0 Å². The summed E-state index contributed by atoms with van der Waals surface area (Å²) < 4.78 is 39.7. The number of sulfonamides is 1. The Bertz CT molecular complexity index is 690. The Morgan fingerprint density at radius 3 is 2.75 bits per heavy atom. The first-order chi connectivity index (χ1) is 9.50. The highest BCUT2D eigenvalue weighted by Gasteiger charge is 2.18. The van der Waals surface area contributed by atoms with E-state index in [1.165, 1.54) is 12.1 Å². The second kappa shape index (κ2) is 5.98. The van der Waals surface area contributed by atoms with Gasteiger partial charge in [0.15, 0.2) is 0 Å². The number of aromatic nitrogens is 1. The van der Waals surface area contributed by atoms with Crippen molar-refractivity contribution in [2.45, 2.75) is 11.3 Å². The van der Waals surface area contributed by atoms with Crippen molar-refractivity contribution >= 4 is 15.7 Å². The zero-order valence-electron chi connectivity index (χ0n) is 10.6. The minimum Gasteiger partial charge on any atom is -0.395 e. The number of hydrogen-bond donors (Lipinski definition) is 2. The molecule has 0 bridgehead atoms. The van der Waals surface area contributed by atoms with E-state index in [-0.39, 0.29) is 17.1 Å². The van der Waals surface area contributed by atoms with E-state index in [4.69, 9.17) is 5.73 Å². The molecular formula is C13H14FN3O2S. The number of halogens is 1. The number of anilines is 1. The smallest absolute Gasteiger partial charge is 0.242 e. The van der Waals surface area contributed by atoms with Gasteiger partial charge in [0, 0.05) is 18.9 Å². The van der Waals surface area contributed by atoms with Gasteiger partial charge in [-0.2, -0.15) is 0 Å². The fourth-order valence-electron chi connectivity index (χ4n) is 1.71. The summed E-state index contributed by atoms with van der Waals surface area (Å²) in [5.41, 5.74) is 5.98. The van der Waals surface area contributed by atoms with Crippen LogP contribution in [0, 0.1) is 5.82 Å². The number of benzene rings is 1. The SMILES string of the molecule is Nc1c(F)cccc1S(=O)(=O)NCCc1cccnc1. The molecule has 0 fully saturated rings. The molecule has 1 heterocycles. The first-order valence-electron chi connectivity index (χ1n) is 5.93. The zero-order chi connectivity index (χ0) is 14.6. The molecule has 20 heavy (non-hydrogen) atoms. The molecule has 0 saturated carbocycles. The van der Waals surface area contributed by atoms with Gasteiger partial charge in [0.05, 0.1) is 5.69 Å². The van der Waals surface area contributed by atoms with E-state index in [1.54, 1.807) is 18.5 Å². The van der Waals surface area contributed by atoms with Crippen molar-refractivity contribution in [2.75, 3.05) is 12.3 Å². The van der Waals surface area contributed by atoms with Crippen LogP contribution in [0.3, 0.4) is 0 Å². The molecule has 0 saturated heterocycles. The topological polar surface area (TPSA) is 85.1 Å². The molecule has 2 rings (SSSR count). The lowest BCUT2D eigenvalue weighted by atomic mass is 10.2. The maximum atomic E-state index is 13.3. The lowest BCUT2D eigenvalue weighted by Gasteiger charge is -2.09. The van der Waals surface area contributed by atoms with Crippen LogP contribution in [0.1, 0.15) is 5.56 Å². The van der Waals surface area contributed by atoms with Gasteiger partial charge in [0.25, 0.3) is 0 Å². The van der Waals surface area contributed by atoms with Gasteiger partial charge in [-0.25, -0.2) is 17.5 Å². The number of nitrogens with zero attached hydrogens (tertiary/aromatic N) is 1. The summed E-state index contributed by atoms with van der Waals surface area (Å²) >= 11 is 0. The monoisotopic (exact) mass is 295 g/mol. The summed E-state index contributed by atoms with van der Waals surface area (Å²) in [6.45, 7) is 0.185. The van der Waals surface area contributed by atoms with E-state index in [1.807, 2.05) is 6.07 Å². The Morgan fingerprint density at radius 2 is 2.05 bits per heavy atom. The normalized spacial score (nSPS) is 11.4. The first-order valence-corrected chi connectivity index (χ1v) is 7.41. The third kappa shape index (κ3) is 3.31. The number of para-hydroxylation sites is 1. The van der Waals surface area contributed by atoms with E-state index in [2.05, 4.69) is 9.71 Å². The molecule has 0 unspecified atom stereocenters. The Morgan fingerprint density at radius 1 is 1.25 bits per heavy atom. The molecule has 0 aliphatic rings. The second-order valence-electron chi connectivity index (χ2n) is 4.16. The van der Waals surface area contributed by atoms with Crippen LogP contribution < -0.4 is 10.5 Å². The maximum absolute atomic E-state index is 13.3. The standard InChI is InChI=1S/C13H14FN3O2S/c14-11-4-1-5-12(13(11)15)20(18,19)17-8-6-10-3-2-7-16-9-10/h1-5,7,9,17H,6,8,15H2. The minimum absolute atomic E-state index is 0.185. The fourth-order valence-corrected chi connectivity index (χ4v) is 2.88. The summed E-state index contributed by atoms with van der Waals surface area (Å²) in [4.78, 5) is 3.69. The highest BCUT2D eigenvalue weighted by molar-refractivity contribution is 7.89. The lowest BCUT2D eigenvalue weighted by molar-refractivity contribution is 0.579. The number of rotatable bonds is 5. The van der Waals surface area contributed by atoms with Crippen LogP contribution >= 0.6 is 0 Å². The number of nitrogen functional groups attached to an aromatic ring is 1. The summed E-state index contributed by atoms with van der Waals surface area (Å²) in [6.07, 6.45) is 3.79. The average molecular weight is 295 g/mol. The zero-order valence-corrected chi connectivity index (χ0v) is 11.4. The van der Waals surface area contributed by atoms with Crippen LogP contribution in [0.5, 0.6) is 0 Å². The highest BCUT2D eigenvalue weighted by Crippen LogP contribution is 2.20. The van der Waals surface area contributed by atoms with Gasteiger partial charge in [0.2, 0.25) is 10.0 Å². The van der Waals surface area contributed by atoms with Crippen molar-refractivity contribution in [1.82, 2.24) is 9.71 Å². The van der Waals surface area contributed by atoms with Crippen LogP contribution in [0.4, 0.5) is 10.1 Å². The van der Waals surface area contributed by atoms with Crippen LogP contribution in [0.15, 0.2) is 47.6 Å². The maximum Gasteiger partial charge on any atom is 0.242 e. The van der Waals surface area contributed by atoms with Crippen molar-refractivity contribution in [1.29, 1.82) is 0 Å². The molecule has 0 amide bonds. The van der Waals surface area contributed by atoms with E-state index in [0.29, 0.717) is 6.42 Å². The molecule has 0 spiro atoms. The van der Waals surface area contributed by atoms with E-state index in [0.717, 1.165) is 11.6 Å². The predicted molar refractivity (Wildman–Crippen MR) is 73.9 cm³/mol. The van der Waals surface area contributed by atoms with Crippen molar-refractivity contribution in [2.24, 2.45) is 0 Å². The van der Waals surface area contributed by atoms with E-state index in [9.17, 15) is 12.8 Å². The first kappa shape index (κ1) is 14.4. The van der Waals surface area contributed by atoms with E-state index < -0.39 is 15.8 Å². The van der Waals surface area contributed by atoms with Crippen molar-refractivity contribution in [3.05, 3.63) is 54.1 Å². The summed E-state index contributed by atoms with van der Waals surface area (Å²) in [7, 11) is -3.82. The predicted octanol–water partition coefficient (Wildman–Crippen LogP) is 1.32. The molecule has 0 aliphatic carbocycles.